The molecule has 0 atom stereocenters. The second kappa shape index (κ2) is 6.61. The first kappa shape index (κ1) is 14.7. The van der Waals surface area contributed by atoms with Gasteiger partial charge in [0.2, 0.25) is 0 Å². The van der Waals surface area contributed by atoms with E-state index in [-0.39, 0.29) is 11.7 Å². The lowest BCUT2D eigenvalue weighted by Gasteiger charge is -2.12. The lowest BCUT2D eigenvalue weighted by Crippen LogP contribution is -2.12. The van der Waals surface area contributed by atoms with E-state index in [4.69, 9.17) is 9.15 Å². The van der Waals surface area contributed by atoms with Gasteiger partial charge in [-0.15, -0.1) is 0 Å². The van der Waals surface area contributed by atoms with Gasteiger partial charge in [-0.2, -0.15) is 0 Å². The lowest BCUT2D eigenvalue weighted by molar-refractivity contribution is 0.0995. The summed E-state index contributed by atoms with van der Waals surface area (Å²) in [5.74, 6) is 0.616. The Labute approximate surface area is 126 Å². The molecule has 106 valence electrons. The maximum atomic E-state index is 12.1. The highest BCUT2D eigenvalue weighted by Gasteiger charge is 2.13. The molecular formula is C15H16BrNO3. The number of carbonyl (C=O) groups is 1. The summed E-state index contributed by atoms with van der Waals surface area (Å²) >= 11 is 3.17. The van der Waals surface area contributed by atoms with Gasteiger partial charge in [0.1, 0.15) is 5.75 Å². The van der Waals surface area contributed by atoms with E-state index in [9.17, 15) is 4.79 Å². The van der Waals surface area contributed by atoms with Gasteiger partial charge in [0, 0.05) is 0 Å². The number of hydrogen-bond donors (Lipinski definition) is 1. The van der Waals surface area contributed by atoms with Crippen molar-refractivity contribution >= 4 is 27.5 Å². The summed E-state index contributed by atoms with van der Waals surface area (Å²) in [6, 6.07) is 8.95. The Bertz CT molecular complexity index is 607. The third-order valence-corrected chi connectivity index (χ3v) is 3.07. The van der Waals surface area contributed by atoms with Gasteiger partial charge in [0.05, 0.1) is 12.3 Å². The van der Waals surface area contributed by atoms with Crippen LogP contribution in [0.25, 0.3) is 0 Å². The fraction of sp³-hybridized carbons (Fsp3) is 0.267. The molecule has 0 fully saturated rings. The van der Waals surface area contributed by atoms with E-state index in [1.54, 1.807) is 12.1 Å². The molecule has 0 saturated heterocycles. The number of nitrogens with one attached hydrogen (secondary N) is 1. The third kappa shape index (κ3) is 3.63. The molecule has 0 bridgehead atoms. The minimum atomic E-state index is -0.305. The Morgan fingerprint density at radius 1 is 1.35 bits per heavy atom. The standard InChI is InChI=1S/C15H16BrNO3/c1-3-8-19-13-9-10(2)4-5-11(13)17-15(18)12-6-7-14(16)20-12/h4-7,9H,3,8H2,1-2H3,(H,17,18). The van der Waals surface area contributed by atoms with Crippen LogP contribution in [0, 0.1) is 6.92 Å². The van der Waals surface area contributed by atoms with E-state index in [0.717, 1.165) is 12.0 Å². The lowest BCUT2D eigenvalue weighted by atomic mass is 10.2. The number of carbonyl (C=O) groups excluding carboxylic acids is 1. The van der Waals surface area contributed by atoms with Crippen molar-refractivity contribution in [3.8, 4) is 5.75 Å². The monoisotopic (exact) mass is 337 g/mol. The Kier molecular flexibility index (Phi) is 4.84. The van der Waals surface area contributed by atoms with Gasteiger partial charge in [-0.3, -0.25) is 4.79 Å². The van der Waals surface area contributed by atoms with E-state index < -0.39 is 0 Å². The third-order valence-electron chi connectivity index (χ3n) is 2.64. The molecule has 0 aliphatic rings. The first-order chi connectivity index (χ1) is 9.60. The van der Waals surface area contributed by atoms with Crippen LogP contribution in [-0.2, 0) is 0 Å². The first-order valence-electron chi connectivity index (χ1n) is 6.40. The fourth-order valence-electron chi connectivity index (χ4n) is 1.68. The summed E-state index contributed by atoms with van der Waals surface area (Å²) in [6.45, 7) is 4.63. The number of hydrogen-bond acceptors (Lipinski definition) is 3. The van der Waals surface area contributed by atoms with Gasteiger partial charge >= 0.3 is 0 Å². The molecule has 1 aromatic heterocycles. The van der Waals surface area contributed by atoms with Gasteiger partial charge in [-0.05, 0) is 59.1 Å². The number of benzene rings is 1. The van der Waals surface area contributed by atoms with Crippen molar-refractivity contribution in [2.24, 2.45) is 0 Å². The van der Waals surface area contributed by atoms with Crippen molar-refractivity contribution in [1.82, 2.24) is 0 Å². The number of amides is 1. The first-order valence-corrected chi connectivity index (χ1v) is 7.19. The highest BCUT2D eigenvalue weighted by atomic mass is 79.9. The quantitative estimate of drug-likeness (QED) is 0.880. The predicted molar refractivity (Wildman–Crippen MR) is 81.3 cm³/mol. The Hall–Kier alpha value is -1.75. The summed E-state index contributed by atoms with van der Waals surface area (Å²) < 4.78 is 11.4. The largest absolute Gasteiger partial charge is 0.491 e. The van der Waals surface area contributed by atoms with Gasteiger partial charge in [-0.25, -0.2) is 0 Å². The summed E-state index contributed by atoms with van der Waals surface area (Å²) in [6.07, 6.45) is 0.909. The Balaban J connectivity index is 2.17. The molecule has 0 spiro atoms. The van der Waals surface area contributed by atoms with Crippen LogP contribution in [0.5, 0.6) is 5.75 Å². The van der Waals surface area contributed by atoms with Crippen LogP contribution in [0.2, 0.25) is 0 Å². The molecule has 0 saturated carbocycles. The zero-order valence-electron chi connectivity index (χ0n) is 11.4. The zero-order chi connectivity index (χ0) is 14.5. The van der Waals surface area contributed by atoms with Crippen LogP contribution in [-0.4, -0.2) is 12.5 Å². The number of furan rings is 1. The van der Waals surface area contributed by atoms with E-state index in [1.165, 1.54) is 0 Å². The molecule has 1 amide bonds. The molecule has 1 aromatic carbocycles. The normalized spacial score (nSPS) is 10.3. The number of halogens is 1. The van der Waals surface area contributed by atoms with Crippen LogP contribution in [0.4, 0.5) is 5.69 Å². The zero-order valence-corrected chi connectivity index (χ0v) is 13.0. The van der Waals surface area contributed by atoms with Crippen LogP contribution >= 0.6 is 15.9 Å². The van der Waals surface area contributed by atoms with E-state index >= 15 is 0 Å². The fourth-order valence-corrected chi connectivity index (χ4v) is 1.99. The molecule has 20 heavy (non-hydrogen) atoms. The molecule has 0 aliphatic carbocycles. The average molecular weight is 338 g/mol. The molecule has 0 aliphatic heterocycles. The van der Waals surface area contributed by atoms with Crippen LogP contribution in [0.15, 0.2) is 39.4 Å². The summed E-state index contributed by atoms with van der Waals surface area (Å²) in [7, 11) is 0. The molecular weight excluding hydrogens is 322 g/mol. The van der Waals surface area contributed by atoms with E-state index in [1.807, 2.05) is 32.0 Å². The summed E-state index contributed by atoms with van der Waals surface area (Å²) in [4.78, 5) is 12.1. The van der Waals surface area contributed by atoms with Gasteiger partial charge in [0.25, 0.3) is 5.91 Å². The molecule has 2 rings (SSSR count). The highest BCUT2D eigenvalue weighted by molar-refractivity contribution is 9.10. The predicted octanol–water partition coefficient (Wildman–Crippen LogP) is 4.39. The van der Waals surface area contributed by atoms with Gasteiger partial charge in [0.15, 0.2) is 10.4 Å². The van der Waals surface area contributed by atoms with Gasteiger partial charge < -0.3 is 14.5 Å². The Morgan fingerprint density at radius 2 is 2.15 bits per heavy atom. The van der Waals surface area contributed by atoms with Crippen molar-refractivity contribution in [3.63, 3.8) is 0 Å². The second-order valence-electron chi connectivity index (χ2n) is 4.41. The van der Waals surface area contributed by atoms with E-state index in [2.05, 4.69) is 21.2 Å². The van der Waals surface area contributed by atoms with Gasteiger partial charge in [-0.1, -0.05) is 13.0 Å². The van der Waals surface area contributed by atoms with Crippen molar-refractivity contribution in [2.45, 2.75) is 20.3 Å². The van der Waals surface area contributed by atoms with Crippen molar-refractivity contribution in [3.05, 3.63) is 46.3 Å². The molecule has 2 aromatic rings. The van der Waals surface area contributed by atoms with E-state index in [0.29, 0.717) is 22.7 Å². The SMILES string of the molecule is CCCOc1cc(C)ccc1NC(=O)c1ccc(Br)o1. The molecule has 5 heteroatoms. The maximum Gasteiger partial charge on any atom is 0.291 e. The average Bonchev–Trinajstić information content (AvgIpc) is 2.85. The van der Waals surface area contributed by atoms with Crippen molar-refractivity contribution < 1.29 is 13.9 Å². The Morgan fingerprint density at radius 3 is 2.80 bits per heavy atom. The minimum absolute atomic E-state index is 0.249. The van der Waals surface area contributed by atoms with Crippen molar-refractivity contribution in [1.29, 1.82) is 0 Å². The minimum Gasteiger partial charge on any atom is -0.491 e. The van der Waals surface area contributed by atoms with Crippen LogP contribution < -0.4 is 10.1 Å². The molecule has 0 unspecified atom stereocenters. The maximum absolute atomic E-state index is 12.1. The highest BCUT2D eigenvalue weighted by Crippen LogP contribution is 2.27. The summed E-state index contributed by atoms with van der Waals surface area (Å²) in [5, 5.41) is 2.80. The van der Waals surface area contributed by atoms with Crippen LogP contribution in [0.3, 0.4) is 0 Å². The molecule has 0 radical (unpaired) electrons. The molecule has 1 heterocycles. The number of rotatable bonds is 5. The topological polar surface area (TPSA) is 51.5 Å². The molecule has 1 N–H and O–H groups in total. The smallest absolute Gasteiger partial charge is 0.291 e. The number of anilines is 1. The number of ether oxygens (including phenoxy) is 1. The van der Waals surface area contributed by atoms with Crippen molar-refractivity contribution in [2.75, 3.05) is 11.9 Å². The molecule has 4 nitrogen and oxygen atoms in total. The second-order valence-corrected chi connectivity index (χ2v) is 5.19. The number of aryl methyl sites for hydroxylation is 1. The van der Waals surface area contributed by atoms with Crippen LogP contribution in [0.1, 0.15) is 29.5 Å². The summed E-state index contributed by atoms with van der Waals surface area (Å²) in [5.41, 5.74) is 1.72.